The molecule has 1 heterocycles. The Kier molecular flexibility index (Phi) is 7.24. The molecule has 0 N–H and O–H groups in total. The van der Waals surface area contributed by atoms with E-state index in [1.165, 1.54) is 23.9 Å². The molecule has 0 saturated heterocycles. The van der Waals surface area contributed by atoms with Crippen LogP contribution in [0.15, 0.2) is 76.5 Å². The largest absolute Gasteiger partial charge is 0.460 e. The van der Waals surface area contributed by atoms with Crippen molar-refractivity contribution in [3.05, 3.63) is 93.5 Å². The summed E-state index contributed by atoms with van der Waals surface area (Å²) < 4.78 is 10.5. The maximum absolute atomic E-state index is 13.6. The number of hydrogen-bond donors (Lipinski definition) is 0. The zero-order chi connectivity index (χ0) is 24.1. The number of nitrogens with zero attached hydrogens (tertiary/aromatic N) is 2. The van der Waals surface area contributed by atoms with Crippen molar-refractivity contribution in [2.45, 2.75) is 23.3 Å². The topological polar surface area (TPSA) is 99.0 Å². The Balaban J connectivity index is 1.72. The third-order valence-electron chi connectivity index (χ3n) is 5.19. The third kappa shape index (κ3) is 5.11. The molecule has 0 unspecified atom stereocenters. The van der Waals surface area contributed by atoms with Crippen molar-refractivity contribution < 1.29 is 24.0 Å². The van der Waals surface area contributed by atoms with Gasteiger partial charge in [-0.25, -0.2) is 4.79 Å². The maximum atomic E-state index is 13.6. The number of anilines is 1. The summed E-state index contributed by atoms with van der Waals surface area (Å²) in [5, 5.41) is 11.2. The number of rotatable bonds is 8. The van der Waals surface area contributed by atoms with Gasteiger partial charge in [0.25, 0.3) is 11.6 Å². The van der Waals surface area contributed by atoms with Gasteiger partial charge in [-0.15, -0.1) is 0 Å². The van der Waals surface area contributed by atoms with Crippen LogP contribution in [-0.2, 0) is 16.0 Å². The average molecular weight is 479 g/mol. The van der Waals surface area contributed by atoms with Crippen LogP contribution in [0.2, 0.25) is 0 Å². The molecule has 0 fully saturated rings. The Morgan fingerprint density at radius 3 is 2.65 bits per heavy atom. The predicted octanol–water partition coefficient (Wildman–Crippen LogP) is 5.10. The average Bonchev–Trinajstić information content (AvgIpc) is 2.96. The van der Waals surface area contributed by atoms with Crippen LogP contribution in [0.1, 0.15) is 33.2 Å². The Morgan fingerprint density at radius 1 is 1.03 bits per heavy atom. The molecule has 0 aromatic heterocycles. The van der Waals surface area contributed by atoms with Crippen LogP contribution in [-0.4, -0.2) is 36.6 Å². The maximum Gasteiger partial charge on any atom is 0.338 e. The summed E-state index contributed by atoms with van der Waals surface area (Å²) in [4.78, 5) is 40.1. The number of hydrogen-bond acceptors (Lipinski definition) is 7. The molecule has 1 amide bonds. The number of fused-ring (bicyclic) bond motifs is 2. The number of ether oxygens (including phenoxy) is 2. The lowest BCUT2D eigenvalue weighted by Crippen LogP contribution is -2.30. The number of nitro groups is 1. The van der Waals surface area contributed by atoms with Crippen LogP contribution in [0, 0.1) is 10.1 Å². The van der Waals surface area contributed by atoms with Gasteiger partial charge in [-0.05, 0) is 42.8 Å². The first-order valence-corrected chi connectivity index (χ1v) is 11.5. The molecule has 0 atom stereocenters. The van der Waals surface area contributed by atoms with E-state index in [1.54, 1.807) is 47.4 Å². The molecule has 3 aromatic rings. The van der Waals surface area contributed by atoms with Gasteiger partial charge in [-0.3, -0.25) is 14.9 Å². The number of non-ortho nitro benzene ring substituents is 1. The van der Waals surface area contributed by atoms with Gasteiger partial charge >= 0.3 is 5.97 Å². The van der Waals surface area contributed by atoms with Crippen LogP contribution in [0.3, 0.4) is 0 Å². The van der Waals surface area contributed by atoms with Crippen molar-refractivity contribution in [1.82, 2.24) is 0 Å². The summed E-state index contributed by atoms with van der Waals surface area (Å²) in [5.74, 6) is -0.771. The Hall–Kier alpha value is -3.69. The van der Waals surface area contributed by atoms with Crippen LogP contribution in [0.25, 0.3) is 0 Å². The number of carbonyl (C=O) groups excluding carboxylic acids is 2. The van der Waals surface area contributed by atoms with Crippen LogP contribution < -0.4 is 4.90 Å². The van der Waals surface area contributed by atoms with E-state index in [9.17, 15) is 19.7 Å². The van der Waals surface area contributed by atoms with Gasteiger partial charge < -0.3 is 14.4 Å². The molecule has 3 aromatic carbocycles. The van der Waals surface area contributed by atoms with E-state index in [1.807, 2.05) is 19.1 Å². The number of esters is 1. The zero-order valence-corrected chi connectivity index (χ0v) is 19.2. The van der Waals surface area contributed by atoms with E-state index in [0.29, 0.717) is 35.6 Å². The number of benzene rings is 3. The molecule has 8 nitrogen and oxygen atoms in total. The molecule has 0 saturated carbocycles. The van der Waals surface area contributed by atoms with Crippen molar-refractivity contribution in [1.29, 1.82) is 0 Å². The number of amides is 1. The number of nitro benzene ring substituents is 1. The highest BCUT2D eigenvalue weighted by molar-refractivity contribution is 7.99. The van der Waals surface area contributed by atoms with Crippen molar-refractivity contribution in [3.8, 4) is 0 Å². The molecule has 9 heteroatoms. The summed E-state index contributed by atoms with van der Waals surface area (Å²) in [6, 6.07) is 18.5. The first-order valence-electron chi connectivity index (χ1n) is 10.7. The SMILES string of the molecule is CCOCCOC(=O)c1ccc2c(c1)N(Cc1cccc([N+](=O)[O-])c1)C(=O)c1ccccc1S2. The molecule has 1 aliphatic heterocycles. The number of carbonyl (C=O) groups is 2. The van der Waals surface area contributed by atoms with Crippen molar-refractivity contribution in [3.63, 3.8) is 0 Å². The summed E-state index contributed by atoms with van der Waals surface area (Å²) in [5.41, 5.74) is 1.91. The van der Waals surface area contributed by atoms with Gasteiger partial charge in [0.15, 0.2) is 0 Å². The highest BCUT2D eigenvalue weighted by Crippen LogP contribution is 2.42. The third-order valence-corrected chi connectivity index (χ3v) is 6.34. The molecule has 4 rings (SSSR count). The molecule has 0 aliphatic carbocycles. The Morgan fingerprint density at radius 2 is 1.85 bits per heavy atom. The highest BCUT2D eigenvalue weighted by atomic mass is 32.2. The fourth-order valence-corrected chi connectivity index (χ4v) is 4.63. The second-order valence-electron chi connectivity index (χ2n) is 7.43. The molecule has 0 bridgehead atoms. The van der Waals surface area contributed by atoms with Gasteiger partial charge in [-0.2, -0.15) is 0 Å². The van der Waals surface area contributed by atoms with E-state index in [-0.39, 0.29) is 24.7 Å². The van der Waals surface area contributed by atoms with Crippen LogP contribution >= 0.6 is 11.8 Å². The minimum Gasteiger partial charge on any atom is -0.460 e. The molecule has 0 spiro atoms. The molecule has 34 heavy (non-hydrogen) atoms. The zero-order valence-electron chi connectivity index (χ0n) is 18.4. The van der Waals surface area contributed by atoms with E-state index in [2.05, 4.69) is 0 Å². The first kappa shape index (κ1) is 23.5. The van der Waals surface area contributed by atoms with E-state index >= 15 is 0 Å². The summed E-state index contributed by atoms with van der Waals surface area (Å²) in [7, 11) is 0. The quantitative estimate of drug-likeness (QED) is 0.192. The van der Waals surface area contributed by atoms with Gasteiger partial charge in [0.2, 0.25) is 0 Å². The summed E-state index contributed by atoms with van der Waals surface area (Å²) >= 11 is 1.43. The second-order valence-corrected chi connectivity index (χ2v) is 8.52. The molecular weight excluding hydrogens is 456 g/mol. The lowest BCUT2D eigenvalue weighted by Gasteiger charge is -2.23. The molecular formula is C25H22N2O6S. The fraction of sp³-hybridized carbons (Fsp3) is 0.200. The van der Waals surface area contributed by atoms with E-state index in [0.717, 1.165) is 9.79 Å². The van der Waals surface area contributed by atoms with Gasteiger partial charge in [0.1, 0.15) is 6.61 Å². The highest BCUT2D eigenvalue weighted by Gasteiger charge is 2.28. The van der Waals surface area contributed by atoms with Crippen LogP contribution in [0.4, 0.5) is 11.4 Å². The Labute approximate surface area is 200 Å². The normalized spacial score (nSPS) is 12.5. The fourth-order valence-electron chi connectivity index (χ4n) is 3.58. The van der Waals surface area contributed by atoms with Gasteiger partial charge in [0, 0.05) is 28.5 Å². The van der Waals surface area contributed by atoms with Crippen molar-refractivity contribution in [2.75, 3.05) is 24.7 Å². The molecule has 0 radical (unpaired) electrons. The molecule has 174 valence electrons. The summed E-state index contributed by atoms with van der Waals surface area (Å²) in [6.07, 6.45) is 0. The lowest BCUT2D eigenvalue weighted by molar-refractivity contribution is -0.384. The minimum absolute atomic E-state index is 0.0543. The monoisotopic (exact) mass is 478 g/mol. The lowest BCUT2D eigenvalue weighted by atomic mass is 10.1. The Bertz CT molecular complexity index is 1250. The predicted molar refractivity (Wildman–Crippen MR) is 127 cm³/mol. The van der Waals surface area contributed by atoms with Gasteiger partial charge in [-0.1, -0.05) is 36.0 Å². The summed E-state index contributed by atoms with van der Waals surface area (Å²) in [6.45, 7) is 2.92. The van der Waals surface area contributed by atoms with Crippen molar-refractivity contribution in [2.24, 2.45) is 0 Å². The smallest absolute Gasteiger partial charge is 0.338 e. The first-order chi connectivity index (χ1) is 16.5. The minimum atomic E-state index is -0.517. The van der Waals surface area contributed by atoms with E-state index in [4.69, 9.17) is 9.47 Å². The van der Waals surface area contributed by atoms with Gasteiger partial charge in [0.05, 0.1) is 34.9 Å². The standard InChI is InChI=1S/C25H22N2O6S/c1-2-32-12-13-33-25(29)18-10-11-23-21(15-18)26(16-17-6-5-7-19(14-17)27(30)31)24(28)20-8-3-4-9-22(20)34-23/h3-11,14-15H,2,12-13,16H2,1H3. The van der Waals surface area contributed by atoms with E-state index < -0.39 is 10.9 Å². The van der Waals surface area contributed by atoms with Crippen LogP contribution in [0.5, 0.6) is 0 Å². The second kappa shape index (κ2) is 10.5. The molecule has 1 aliphatic rings. The van der Waals surface area contributed by atoms with Crippen molar-refractivity contribution >= 4 is 35.0 Å².